The fourth-order valence-corrected chi connectivity index (χ4v) is 5.72. The highest BCUT2D eigenvalue weighted by molar-refractivity contribution is 5.89. The minimum absolute atomic E-state index is 0.142. The molecule has 1 N–H and O–H groups in total. The molecule has 0 aliphatic heterocycles. The lowest BCUT2D eigenvalue weighted by Crippen LogP contribution is -2.50. The fourth-order valence-electron chi connectivity index (χ4n) is 5.72. The van der Waals surface area contributed by atoms with E-state index in [2.05, 4.69) is 33.8 Å². The summed E-state index contributed by atoms with van der Waals surface area (Å²) in [5.41, 5.74) is 3.19. The van der Waals surface area contributed by atoms with Crippen LogP contribution in [0.2, 0.25) is 0 Å². The third-order valence-corrected chi connectivity index (χ3v) is 8.16. The average Bonchev–Trinajstić information content (AvgIpc) is 2.76. The van der Waals surface area contributed by atoms with E-state index in [-0.39, 0.29) is 23.4 Å². The zero-order valence-corrected chi connectivity index (χ0v) is 20.6. The van der Waals surface area contributed by atoms with Gasteiger partial charge >= 0.3 is 5.97 Å². The molecule has 2 aliphatic carbocycles. The molecule has 1 aromatic rings. The van der Waals surface area contributed by atoms with Crippen molar-refractivity contribution in [1.82, 2.24) is 0 Å². The number of hydrogen-bond donors (Lipinski definition) is 1. The van der Waals surface area contributed by atoms with Crippen molar-refractivity contribution in [2.75, 3.05) is 13.7 Å². The minimum atomic E-state index is -0.423. The van der Waals surface area contributed by atoms with Crippen LogP contribution >= 0.6 is 0 Å². The standard InChI is InChI=1S/C28H40O4/c1-19(15-17-32-26(30)21-10-12-22(31-6)13-11-21)18-25(29)28(5)20(2)9-14-23-24(28)8-7-16-27(23,3)4/h10-15,20,24-25,29H,7-9,16-18H2,1-6H3/b19-15+/t20-,24+,25-,28+/m1/s1. The van der Waals surface area contributed by atoms with Crippen LogP contribution < -0.4 is 4.74 Å². The van der Waals surface area contributed by atoms with Crippen LogP contribution in [0.1, 0.15) is 77.1 Å². The first-order valence-electron chi connectivity index (χ1n) is 11.9. The van der Waals surface area contributed by atoms with Gasteiger partial charge in [0.25, 0.3) is 0 Å². The van der Waals surface area contributed by atoms with Gasteiger partial charge in [0, 0.05) is 5.41 Å². The van der Waals surface area contributed by atoms with Crippen LogP contribution in [-0.4, -0.2) is 30.9 Å². The summed E-state index contributed by atoms with van der Waals surface area (Å²) in [5, 5.41) is 11.4. The number of ether oxygens (including phenoxy) is 2. The van der Waals surface area contributed by atoms with Gasteiger partial charge in [0.1, 0.15) is 12.4 Å². The molecule has 0 unspecified atom stereocenters. The highest BCUT2D eigenvalue weighted by Gasteiger charge is 2.51. The van der Waals surface area contributed by atoms with Gasteiger partial charge in [-0.3, -0.25) is 0 Å². The molecule has 32 heavy (non-hydrogen) atoms. The summed E-state index contributed by atoms with van der Waals surface area (Å²) in [4.78, 5) is 12.3. The average molecular weight is 441 g/mol. The van der Waals surface area contributed by atoms with Crippen LogP contribution in [0.25, 0.3) is 0 Å². The van der Waals surface area contributed by atoms with Gasteiger partial charge in [-0.25, -0.2) is 4.79 Å². The number of methoxy groups -OCH3 is 1. The molecule has 0 saturated heterocycles. The molecule has 1 aromatic carbocycles. The summed E-state index contributed by atoms with van der Waals surface area (Å²) in [6.07, 6.45) is 9.21. The summed E-state index contributed by atoms with van der Waals surface area (Å²) < 4.78 is 10.5. The molecule has 4 heteroatoms. The Kier molecular flexibility index (Phi) is 7.54. The van der Waals surface area contributed by atoms with E-state index in [1.54, 1.807) is 36.9 Å². The van der Waals surface area contributed by atoms with E-state index in [0.29, 0.717) is 29.6 Å². The zero-order valence-electron chi connectivity index (χ0n) is 20.6. The molecule has 0 heterocycles. The van der Waals surface area contributed by atoms with Gasteiger partial charge in [0.2, 0.25) is 0 Å². The van der Waals surface area contributed by atoms with Crippen molar-refractivity contribution in [3.63, 3.8) is 0 Å². The highest BCUT2D eigenvalue weighted by Crippen LogP contribution is 2.58. The summed E-state index contributed by atoms with van der Waals surface area (Å²) in [5.74, 6) is 1.21. The van der Waals surface area contributed by atoms with Gasteiger partial charge in [-0.1, -0.05) is 51.3 Å². The maximum Gasteiger partial charge on any atom is 0.338 e. The summed E-state index contributed by atoms with van der Waals surface area (Å²) in [6, 6.07) is 6.89. The van der Waals surface area contributed by atoms with Crippen molar-refractivity contribution in [2.45, 2.75) is 72.8 Å². The van der Waals surface area contributed by atoms with E-state index in [4.69, 9.17) is 9.47 Å². The molecule has 2 aliphatic rings. The monoisotopic (exact) mass is 440 g/mol. The first kappa shape index (κ1) is 24.6. The number of hydrogen-bond acceptors (Lipinski definition) is 4. The van der Waals surface area contributed by atoms with E-state index in [1.165, 1.54) is 12.8 Å². The Balaban J connectivity index is 1.62. The maximum atomic E-state index is 12.3. The van der Waals surface area contributed by atoms with E-state index < -0.39 is 6.10 Å². The van der Waals surface area contributed by atoms with E-state index in [9.17, 15) is 9.90 Å². The molecular weight excluding hydrogens is 400 g/mol. The number of esters is 1. The number of aliphatic hydroxyl groups is 1. The number of allylic oxidation sites excluding steroid dienone is 2. The Hall–Kier alpha value is -2.07. The van der Waals surface area contributed by atoms with E-state index in [0.717, 1.165) is 18.4 Å². The predicted octanol–water partition coefficient (Wildman–Crippen LogP) is 6.35. The fraction of sp³-hybridized carbons (Fsp3) is 0.607. The maximum absolute atomic E-state index is 12.3. The Bertz CT molecular complexity index is 864. The highest BCUT2D eigenvalue weighted by atomic mass is 16.5. The van der Waals surface area contributed by atoms with Crippen LogP contribution in [-0.2, 0) is 4.74 Å². The van der Waals surface area contributed by atoms with Crippen molar-refractivity contribution in [3.8, 4) is 5.75 Å². The minimum Gasteiger partial charge on any atom is -0.497 e. The predicted molar refractivity (Wildman–Crippen MR) is 129 cm³/mol. The van der Waals surface area contributed by atoms with Gasteiger partial charge < -0.3 is 14.6 Å². The second kappa shape index (κ2) is 9.82. The number of benzene rings is 1. The lowest BCUT2D eigenvalue weighted by molar-refractivity contribution is -0.0557. The van der Waals surface area contributed by atoms with Crippen LogP contribution in [0, 0.1) is 22.7 Å². The van der Waals surface area contributed by atoms with Crippen molar-refractivity contribution >= 4 is 5.97 Å². The molecule has 0 amide bonds. The largest absolute Gasteiger partial charge is 0.497 e. The summed E-state index contributed by atoms with van der Waals surface area (Å²) in [6.45, 7) is 11.5. The van der Waals surface area contributed by atoms with Crippen molar-refractivity contribution < 1.29 is 19.4 Å². The van der Waals surface area contributed by atoms with Crippen molar-refractivity contribution in [3.05, 3.63) is 53.1 Å². The third-order valence-electron chi connectivity index (χ3n) is 8.16. The summed E-state index contributed by atoms with van der Waals surface area (Å²) >= 11 is 0. The Labute approximate surface area is 193 Å². The molecule has 1 fully saturated rings. The molecule has 0 radical (unpaired) electrons. The second-order valence-electron chi connectivity index (χ2n) is 10.6. The first-order chi connectivity index (χ1) is 15.1. The van der Waals surface area contributed by atoms with Gasteiger partial charge in [-0.05, 0) is 80.2 Å². The van der Waals surface area contributed by atoms with E-state index in [1.807, 2.05) is 13.0 Å². The number of carbonyl (C=O) groups is 1. The molecule has 4 nitrogen and oxygen atoms in total. The van der Waals surface area contributed by atoms with Crippen molar-refractivity contribution in [2.24, 2.45) is 22.7 Å². The van der Waals surface area contributed by atoms with Gasteiger partial charge in [-0.15, -0.1) is 0 Å². The summed E-state index contributed by atoms with van der Waals surface area (Å²) in [7, 11) is 1.59. The van der Waals surface area contributed by atoms with Gasteiger partial charge in [-0.2, -0.15) is 0 Å². The normalized spacial score (nSPS) is 28.3. The lowest BCUT2D eigenvalue weighted by atomic mass is 9.51. The first-order valence-corrected chi connectivity index (χ1v) is 11.9. The third kappa shape index (κ3) is 4.96. The molecular formula is C28H40O4. The SMILES string of the molecule is COc1ccc(C(=O)OC/C=C(\C)C[C@@H](O)[C@@]2(C)[C@H](C)CC=C3[C@@H]2CCCC3(C)C)cc1. The Morgan fingerprint density at radius 1 is 1.25 bits per heavy atom. The van der Waals surface area contributed by atoms with Crippen LogP contribution in [0.5, 0.6) is 5.75 Å². The molecule has 0 aromatic heterocycles. The number of fused-ring (bicyclic) bond motifs is 1. The zero-order chi connectivity index (χ0) is 23.5. The number of carbonyl (C=O) groups excluding carboxylic acids is 1. The van der Waals surface area contributed by atoms with Crippen molar-refractivity contribution in [1.29, 1.82) is 0 Å². The second-order valence-corrected chi connectivity index (χ2v) is 10.6. The quantitative estimate of drug-likeness (QED) is 0.396. The molecule has 4 atom stereocenters. The molecule has 0 spiro atoms. The molecule has 1 saturated carbocycles. The van der Waals surface area contributed by atoms with Gasteiger partial charge in [0.05, 0.1) is 18.8 Å². The Morgan fingerprint density at radius 2 is 1.94 bits per heavy atom. The number of aliphatic hydroxyl groups excluding tert-OH is 1. The van der Waals surface area contributed by atoms with Crippen LogP contribution in [0.4, 0.5) is 0 Å². The topological polar surface area (TPSA) is 55.8 Å². The molecule has 176 valence electrons. The molecule has 0 bridgehead atoms. The van der Waals surface area contributed by atoms with E-state index >= 15 is 0 Å². The number of rotatable bonds is 7. The Morgan fingerprint density at radius 3 is 2.59 bits per heavy atom. The van der Waals surface area contributed by atoms with Crippen LogP contribution in [0.3, 0.4) is 0 Å². The van der Waals surface area contributed by atoms with Crippen LogP contribution in [0.15, 0.2) is 47.6 Å². The smallest absolute Gasteiger partial charge is 0.338 e. The molecule has 3 rings (SSSR count). The lowest BCUT2D eigenvalue weighted by Gasteiger charge is -2.55. The van der Waals surface area contributed by atoms with Gasteiger partial charge in [0.15, 0.2) is 0 Å².